The standard InChI is InChI=1S/C26H31N3O5/c1-5-19-15-18-14-17(24(30)31)6-8-22(18)29(19)23-9-7-21(16-27-23)33-20-10-12-28(13-11-20)25(32)34-26(2,3)4/h6-9,14-16,20H,5,10-13H2,1-4H3,(H,30,31). The quantitative estimate of drug-likeness (QED) is 0.566. The van der Waals surface area contributed by atoms with Crippen molar-refractivity contribution >= 4 is 23.0 Å². The summed E-state index contributed by atoms with van der Waals surface area (Å²) in [6, 6.07) is 10.9. The van der Waals surface area contributed by atoms with Crippen molar-refractivity contribution in [2.75, 3.05) is 13.1 Å². The maximum atomic E-state index is 12.2. The largest absolute Gasteiger partial charge is 0.489 e. The van der Waals surface area contributed by atoms with Gasteiger partial charge in [0.2, 0.25) is 0 Å². The molecule has 0 spiro atoms. The molecule has 3 aromatic rings. The zero-order valence-electron chi connectivity index (χ0n) is 20.1. The van der Waals surface area contributed by atoms with Crippen molar-refractivity contribution in [3.8, 4) is 11.6 Å². The molecule has 1 aliphatic rings. The molecule has 180 valence electrons. The van der Waals surface area contributed by atoms with E-state index in [4.69, 9.17) is 9.47 Å². The molecule has 1 amide bonds. The fraction of sp³-hybridized carbons (Fsp3) is 0.423. The third-order valence-corrected chi connectivity index (χ3v) is 5.83. The highest BCUT2D eigenvalue weighted by molar-refractivity contribution is 5.94. The molecule has 0 bridgehead atoms. The Morgan fingerprint density at radius 2 is 1.85 bits per heavy atom. The number of hydrogen-bond acceptors (Lipinski definition) is 5. The van der Waals surface area contributed by atoms with Crippen LogP contribution in [0.4, 0.5) is 4.79 Å². The van der Waals surface area contributed by atoms with Crippen LogP contribution in [0.3, 0.4) is 0 Å². The molecule has 1 saturated heterocycles. The summed E-state index contributed by atoms with van der Waals surface area (Å²) in [5.41, 5.74) is 1.73. The van der Waals surface area contributed by atoms with Crippen LogP contribution in [0, 0.1) is 0 Å². The first kappa shape index (κ1) is 23.6. The molecule has 0 radical (unpaired) electrons. The van der Waals surface area contributed by atoms with Gasteiger partial charge in [-0.1, -0.05) is 6.92 Å². The number of piperidine rings is 1. The van der Waals surface area contributed by atoms with E-state index in [0.29, 0.717) is 18.8 Å². The summed E-state index contributed by atoms with van der Waals surface area (Å²) >= 11 is 0. The van der Waals surface area contributed by atoms with Crippen LogP contribution in [0.5, 0.6) is 5.75 Å². The number of carboxylic acids is 1. The average molecular weight is 466 g/mol. The second-order valence-corrected chi connectivity index (χ2v) is 9.54. The van der Waals surface area contributed by atoms with Gasteiger partial charge >= 0.3 is 12.1 Å². The summed E-state index contributed by atoms with van der Waals surface area (Å²) in [6.07, 6.45) is 3.70. The molecule has 0 atom stereocenters. The number of carboxylic acid groups (broad SMARTS) is 1. The fourth-order valence-electron chi connectivity index (χ4n) is 4.19. The average Bonchev–Trinajstić information content (AvgIpc) is 3.17. The number of hydrogen-bond donors (Lipinski definition) is 1. The third kappa shape index (κ3) is 5.16. The van der Waals surface area contributed by atoms with Crippen molar-refractivity contribution in [2.45, 2.75) is 58.7 Å². The smallest absolute Gasteiger partial charge is 0.410 e. The van der Waals surface area contributed by atoms with E-state index in [1.165, 1.54) is 0 Å². The lowest BCUT2D eigenvalue weighted by atomic mass is 10.1. The van der Waals surface area contributed by atoms with E-state index < -0.39 is 11.6 Å². The molecule has 3 heterocycles. The Hall–Kier alpha value is -3.55. The number of carbonyl (C=O) groups is 2. The highest BCUT2D eigenvalue weighted by Crippen LogP contribution is 2.27. The minimum atomic E-state index is -0.941. The van der Waals surface area contributed by atoms with E-state index in [1.807, 2.05) is 49.6 Å². The van der Waals surface area contributed by atoms with Crippen molar-refractivity contribution in [1.82, 2.24) is 14.5 Å². The van der Waals surface area contributed by atoms with Crippen LogP contribution in [0.2, 0.25) is 0 Å². The molecular formula is C26H31N3O5. The molecule has 1 aromatic carbocycles. The SMILES string of the molecule is CCc1cc2cc(C(=O)O)ccc2n1-c1ccc(OC2CCN(C(=O)OC(C)(C)C)CC2)cn1. The van der Waals surface area contributed by atoms with Crippen molar-refractivity contribution in [3.05, 3.63) is 53.9 Å². The summed E-state index contributed by atoms with van der Waals surface area (Å²) < 4.78 is 13.6. The van der Waals surface area contributed by atoms with Gasteiger partial charge in [0.25, 0.3) is 0 Å². The number of pyridine rings is 1. The predicted octanol–water partition coefficient (Wildman–Crippen LogP) is 5.06. The van der Waals surface area contributed by atoms with Gasteiger partial charge in [0.15, 0.2) is 0 Å². The predicted molar refractivity (Wildman–Crippen MR) is 129 cm³/mol. The Morgan fingerprint density at radius 3 is 2.44 bits per heavy atom. The van der Waals surface area contributed by atoms with Gasteiger partial charge in [-0.2, -0.15) is 0 Å². The number of benzene rings is 1. The minimum absolute atomic E-state index is 0.0133. The van der Waals surface area contributed by atoms with Gasteiger partial charge in [-0.25, -0.2) is 14.6 Å². The summed E-state index contributed by atoms with van der Waals surface area (Å²) in [7, 11) is 0. The summed E-state index contributed by atoms with van der Waals surface area (Å²) in [5.74, 6) is 0.494. The van der Waals surface area contributed by atoms with E-state index in [9.17, 15) is 14.7 Å². The summed E-state index contributed by atoms with van der Waals surface area (Å²) in [6.45, 7) is 8.85. The Labute approximate surface area is 199 Å². The molecule has 1 fully saturated rings. The topological polar surface area (TPSA) is 93.9 Å². The van der Waals surface area contributed by atoms with E-state index >= 15 is 0 Å². The van der Waals surface area contributed by atoms with Gasteiger partial charge in [-0.15, -0.1) is 0 Å². The van der Waals surface area contributed by atoms with Crippen LogP contribution in [0.1, 0.15) is 56.6 Å². The summed E-state index contributed by atoms with van der Waals surface area (Å²) in [5, 5.41) is 10.2. The molecule has 8 heteroatoms. The molecule has 4 rings (SSSR count). The number of aryl methyl sites for hydroxylation is 1. The fourth-order valence-corrected chi connectivity index (χ4v) is 4.19. The first-order chi connectivity index (χ1) is 16.1. The maximum Gasteiger partial charge on any atom is 0.410 e. The number of likely N-dealkylation sites (tertiary alicyclic amines) is 1. The van der Waals surface area contributed by atoms with Gasteiger partial charge in [0.1, 0.15) is 23.3 Å². The monoisotopic (exact) mass is 465 g/mol. The number of aromatic nitrogens is 2. The van der Waals surface area contributed by atoms with Gasteiger partial charge in [-0.05, 0) is 63.6 Å². The third-order valence-electron chi connectivity index (χ3n) is 5.83. The van der Waals surface area contributed by atoms with Gasteiger partial charge in [0.05, 0.1) is 17.3 Å². The molecule has 0 saturated carbocycles. The Balaban J connectivity index is 1.44. The molecule has 1 aliphatic heterocycles. The maximum absolute atomic E-state index is 12.2. The zero-order valence-corrected chi connectivity index (χ0v) is 20.1. The minimum Gasteiger partial charge on any atom is -0.489 e. The summed E-state index contributed by atoms with van der Waals surface area (Å²) in [4.78, 5) is 29.9. The first-order valence-corrected chi connectivity index (χ1v) is 11.6. The Bertz CT molecular complexity index is 1190. The number of rotatable bonds is 5. The number of aromatic carboxylic acids is 1. The molecule has 2 aromatic heterocycles. The first-order valence-electron chi connectivity index (χ1n) is 11.6. The van der Waals surface area contributed by atoms with Crippen molar-refractivity contribution in [3.63, 3.8) is 0 Å². The van der Waals surface area contributed by atoms with E-state index in [2.05, 4.69) is 11.9 Å². The van der Waals surface area contributed by atoms with Crippen LogP contribution in [-0.4, -0.2) is 56.4 Å². The molecule has 1 N–H and O–H groups in total. The van der Waals surface area contributed by atoms with Crippen molar-refractivity contribution < 1.29 is 24.2 Å². The van der Waals surface area contributed by atoms with Crippen molar-refractivity contribution in [1.29, 1.82) is 0 Å². The van der Waals surface area contributed by atoms with Gasteiger partial charge in [-0.3, -0.25) is 4.57 Å². The Morgan fingerprint density at radius 1 is 1.12 bits per heavy atom. The second kappa shape index (κ2) is 9.37. The van der Waals surface area contributed by atoms with Gasteiger partial charge in [0, 0.05) is 37.0 Å². The van der Waals surface area contributed by atoms with Gasteiger partial charge < -0.3 is 19.5 Å². The van der Waals surface area contributed by atoms with E-state index in [-0.39, 0.29) is 17.8 Å². The second-order valence-electron chi connectivity index (χ2n) is 9.54. The highest BCUT2D eigenvalue weighted by atomic mass is 16.6. The number of amides is 1. The van der Waals surface area contributed by atoms with Crippen molar-refractivity contribution in [2.24, 2.45) is 0 Å². The van der Waals surface area contributed by atoms with E-state index in [1.54, 1.807) is 23.2 Å². The van der Waals surface area contributed by atoms with Crippen LogP contribution in [0.25, 0.3) is 16.7 Å². The number of ether oxygens (including phenoxy) is 2. The highest BCUT2D eigenvalue weighted by Gasteiger charge is 2.27. The van der Waals surface area contributed by atoms with Crippen LogP contribution >= 0.6 is 0 Å². The lowest BCUT2D eigenvalue weighted by Gasteiger charge is -2.33. The Kier molecular flexibility index (Phi) is 6.50. The molecular weight excluding hydrogens is 434 g/mol. The normalized spacial score (nSPS) is 14.9. The molecule has 34 heavy (non-hydrogen) atoms. The van der Waals surface area contributed by atoms with Crippen LogP contribution in [0.15, 0.2) is 42.6 Å². The zero-order chi connectivity index (χ0) is 24.5. The van der Waals surface area contributed by atoms with E-state index in [0.717, 1.165) is 41.7 Å². The lowest BCUT2D eigenvalue weighted by molar-refractivity contribution is 0.0126. The lowest BCUT2D eigenvalue weighted by Crippen LogP contribution is -2.44. The number of nitrogens with zero attached hydrogens (tertiary/aromatic N) is 3. The van der Waals surface area contributed by atoms with Crippen LogP contribution in [-0.2, 0) is 11.2 Å². The number of carbonyl (C=O) groups excluding carboxylic acids is 1. The van der Waals surface area contributed by atoms with Crippen LogP contribution < -0.4 is 4.74 Å². The molecule has 0 aliphatic carbocycles. The molecule has 8 nitrogen and oxygen atoms in total. The number of fused-ring (bicyclic) bond motifs is 1. The molecule has 0 unspecified atom stereocenters.